The van der Waals surface area contributed by atoms with Crippen LogP contribution >= 0.6 is 0 Å². The maximum atomic E-state index is 12.3. The Morgan fingerprint density at radius 3 is 2.96 bits per heavy atom. The number of anilines is 1. The molecule has 1 saturated heterocycles. The Kier molecular flexibility index (Phi) is 5.33. The molecule has 1 aliphatic heterocycles. The zero-order valence-corrected chi connectivity index (χ0v) is 14.6. The fourth-order valence-electron chi connectivity index (χ4n) is 3.27. The Bertz CT molecular complexity index is 676. The number of aliphatic hydroxyl groups is 1. The molecule has 7 nitrogen and oxygen atoms in total. The van der Waals surface area contributed by atoms with Crippen LogP contribution in [0, 0.1) is 0 Å². The number of carbonyl (C=O) groups is 1. The van der Waals surface area contributed by atoms with E-state index in [0.717, 1.165) is 25.3 Å². The average Bonchev–Trinajstić information content (AvgIpc) is 3.25. The Hall–Kier alpha value is -2.41. The van der Waals surface area contributed by atoms with Gasteiger partial charge in [0, 0.05) is 51.7 Å². The smallest absolute Gasteiger partial charge is 0.222 e. The van der Waals surface area contributed by atoms with Gasteiger partial charge in [0.05, 0.1) is 6.54 Å². The van der Waals surface area contributed by atoms with Crippen molar-refractivity contribution in [3.63, 3.8) is 0 Å². The Balaban J connectivity index is 1.46. The van der Waals surface area contributed by atoms with Crippen molar-refractivity contribution >= 4 is 11.7 Å². The molecule has 25 heavy (non-hydrogen) atoms. The molecule has 0 radical (unpaired) electrons. The zero-order chi connectivity index (χ0) is 17.7. The second kappa shape index (κ2) is 7.65. The zero-order valence-electron chi connectivity index (χ0n) is 14.6. The van der Waals surface area contributed by atoms with Crippen LogP contribution in [0.4, 0.5) is 5.82 Å². The fraction of sp³-hybridized carbons (Fsp3) is 0.500. The molecule has 1 amide bonds. The molecule has 0 spiro atoms. The third kappa shape index (κ3) is 4.57. The van der Waals surface area contributed by atoms with Crippen molar-refractivity contribution in [2.24, 2.45) is 0 Å². The van der Waals surface area contributed by atoms with E-state index in [2.05, 4.69) is 15.0 Å². The van der Waals surface area contributed by atoms with Crippen molar-refractivity contribution < 1.29 is 9.90 Å². The van der Waals surface area contributed by atoms with Crippen molar-refractivity contribution in [3.05, 3.63) is 42.9 Å². The first-order chi connectivity index (χ1) is 12.1. The van der Waals surface area contributed by atoms with Gasteiger partial charge in [-0.15, -0.1) is 0 Å². The van der Waals surface area contributed by atoms with Gasteiger partial charge >= 0.3 is 0 Å². The van der Waals surface area contributed by atoms with Gasteiger partial charge in [-0.1, -0.05) is 6.07 Å². The maximum Gasteiger partial charge on any atom is 0.222 e. The van der Waals surface area contributed by atoms with Gasteiger partial charge in [-0.3, -0.25) is 9.48 Å². The minimum Gasteiger partial charge on any atom is -0.386 e. The molecular formula is C18H25N5O2. The normalized spacial score (nSPS) is 20.0. The number of amides is 1. The van der Waals surface area contributed by atoms with Gasteiger partial charge in [-0.25, -0.2) is 4.98 Å². The van der Waals surface area contributed by atoms with Gasteiger partial charge < -0.3 is 14.9 Å². The average molecular weight is 343 g/mol. The van der Waals surface area contributed by atoms with E-state index in [9.17, 15) is 9.90 Å². The number of pyridine rings is 1. The number of nitrogens with zero attached hydrogens (tertiary/aromatic N) is 5. The number of likely N-dealkylation sites (N-methyl/N-ethyl adjacent to an activating group) is 1. The number of aryl methyl sites for hydroxylation is 1. The van der Waals surface area contributed by atoms with E-state index in [4.69, 9.17) is 0 Å². The van der Waals surface area contributed by atoms with Crippen LogP contribution in [0.5, 0.6) is 0 Å². The van der Waals surface area contributed by atoms with E-state index < -0.39 is 5.60 Å². The minimum absolute atomic E-state index is 0.0527. The summed E-state index contributed by atoms with van der Waals surface area (Å²) in [5.74, 6) is 0.920. The summed E-state index contributed by atoms with van der Waals surface area (Å²) >= 11 is 0. The van der Waals surface area contributed by atoms with Crippen molar-refractivity contribution in [2.75, 3.05) is 31.6 Å². The summed E-state index contributed by atoms with van der Waals surface area (Å²) in [6.07, 6.45) is 7.20. The highest BCUT2D eigenvalue weighted by Gasteiger charge is 2.38. The van der Waals surface area contributed by atoms with E-state index >= 15 is 0 Å². The predicted molar refractivity (Wildman–Crippen MR) is 95.1 cm³/mol. The largest absolute Gasteiger partial charge is 0.386 e. The van der Waals surface area contributed by atoms with Gasteiger partial charge in [-0.05, 0) is 31.0 Å². The molecule has 1 fully saturated rings. The number of aromatic nitrogens is 3. The van der Waals surface area contributed by atoms with Crippen molar-refractivity contribution in [1.82, 2.24) is 19.7 Å². The molecule has 1 N–H and O–H groups in total. The third-order valence-electron chi connectivity index (χ3n) is 4.60. The first kappa shape index (κ1) is 17.4. The van der Waals surface area contributed by atoms with Crippen LogP contribution in [0.2, 0.25) is 0 Å². The van der Waals surface area contributed by atoms with Crippen LogP contribution in [0.15, 0.2) is 42.9 Å². The monoisotopic (exact) mass is 343 g/mol. The lowest BCUT2D eigenvalue weighted by Gasteiger charge is -2.29. The molecule has 0 bridgehead atoms. The highest BCUT2D eigenvalue weighted by atomic mass is 16.3. The van der Waals surface area contributed by atoms with Crippen LogP contribution in [0.25, 0.3) is 0 Å². The molecule has 1 atom stereocenters. The second-order valence-electron chi connectivity index (χ2n) is 6.71. The van der Waals surface area contributed by atoms with Gasteiger partial charge in [0.2, 0.25) is 5.91 Å². The number of hydrogen-bond donors (Lipinski definition) is 1. The van der Waals surface area contributed by atoms with Crippen LogP contribution < -0.4 is 4.90 Å². The van der Waals surface area contributed by atoms with Crippen LogP contribution in [0.3, 0.4) is 0 Å². The molecule has 7 heteroatoms. The number of β-amino-alcohol motifs (C(OH)–C–C–N with tert-alkyl or cyclic N) is 1. The van der Waals surface area contributed by atoms with Crippen LogP contribution in [-0.2, 0) is 11.3 Å². The van der Waals surface area contributed by atoms with Crippen molar-refractivity contribution in [2.45, 2.75) is 31.4 Å². The summed E-state index contributed by atoms with van der Waals surface area (Å²) in [4.78, 5) is 20.4. The van der Waals surface area contributed by atoms with E-state index in [-0.39, 0.29) is 5.91 Å². The van der Waals surface area contributed by atoms with Crippen molar-refractivity contribution in [3.8, 4) is 0 Å². The lowest BCUT2D eigenvalue weighted by Crippen LogP contribution is -2.45. The van der Waals surface area contributed by atoms with E-state index in [1.165, 1.54) is 0 Å². The summed E-state index contributed by atoms with van der Waals surface area (Å²) in [6.45, 7) is 2.31. The molecule has 0 aliphatic carbocycles. The number of carbonyl (C=O) groups excluding carboxylic acids is 1. The third-order valence-corrected chi connectivity index (χ3v) is 4.60. The van der Waals surface area contributed by atoms with Crippen molar-refractivity contribution in [1.29, 1.82) is 0 Å². The molecule has 0 saturated carbocycles. The highest BCUT2D eigenvalue weighted by Crippen LogP contribution is 2.26. The lowest BCUT2D eigenvalue weighted by molar-refractivity contribution is -0.133. The Labute approximate surface area is 147 Å². The highest BCUT2D eigenvalue weighted by molar-refractivity contribution is 5.75. The van der Waals surface area contributed by atoms with Gasteiger partial charge in [0.1, 0.15) is 11.4 Å². The molecule has 2 aromatic heterocycles. The van der Waals surface area contributed by atoms with Gasteiger partial charge in [-0.2, -0.15) is 5.10 Å². The maximum absolute atomic E-state index is 12.3. The predicted octanol–water partition coefficient (Wildman–Crippen LogP) is 1.16. The molecule has 3 heterocycles. The summed E-state index contributed by atoms with van der Waals surface area (Å²) in [5, 5.41) is 15.0. The first-order valence-corrected chi connectivity index (χ1v) is 8.65. The SMILES string of the molecule is CN(C[C@]1(O)CCN(c2ccccn2)C1)C(=O)CCCn1cccn1. The lowest BCUT2D eigenvalue weighted by atomic mass is 10.0. The van der Waals surface area contributed by atoms with Gasteiger partial charge in [0.15, 0.2) is 0 Å². The fourth-order valence-corrected chi connectivity index (χ4v) is 3.27. The Morgan fingerprint density at radius 1 is 1.36 bits per heavy atom. The van der Waals surface area contributed by atoms with E-state index in [1.54, 1.807) is 24.3 Å². The molecule has 1 aliphatic rings. The number of rotatable bonds is 7. The molecule has 134 valence electrons. The summed E-state index contributed by atoms with van der Waals surface area (Å²) < 4.78 is 1.82. The van der Waals surface area contributed by atoms with Crippen LogP contribution in [0.1, 0.15) is 19.3 Å². The quantitative estimate of drug-likeness (QED) is 0.816. The van der Waals surface area contributed by atoms with E-state index in [0.29, 0.717) is 25.9 Å². The molecule has 0 aromatic carbocycles. The van der Waals surface area contributed by atoms with E-state index in [1.807, 2.05) is 35.1 Å². The molecular weight excluding hydrogens is 318 g/mol. The van der Waals surface area contributed by atoms with Gasteiger partial charge in [0.25, 0.3) is 0 Å². The molecule has 3 rings (SSSR count). The van der Waals surface area contributed by atoms with Crippen LogP contribution in [-0.4, -0.2) is 63.0 Å². The second-order valence-corrected chi connectivity index (χ2v) is 6.71. The summed E-state index contributed by atoms with van der Waals surface area (Å²) in [5.41, 5.74) is -0.885. The number of hydrogen-bond acceptors (Lipinski definition) is 5. The summed E-state index contributed by atoms with van der Waals surface area (Å²) in [7, 11) is 1.76. The first-order valence-electron chi connectivity index (χ1n) is 8.65. The standard InChI is InChI=1S/C18H25N5O2/c1-21(17(24)7-4-11-23-12-5-10-20-23)14-18(25)8-13-22(15-18)16-6-2-3-9-19-16/h2-3,5-6,9-10,12,25H,4,7-8,11,13-15H2,1H3/t18-/m1/s1. The summed E-state index contributed by atoms with van der Waals surface area (Å²) in [6, 6.07) is 7.63. The molecule has 2 aromatic rings. The topological polar surface area (TPSA) is 74.5 Å². The molecule has 0 unspecified atom stereocenters. The minimum atomic E-state index is -0.885. The Morgan fingerprint density at radius 2 is 2.24 bits per heavy atom.